The Morgan fingerprint density at radius 3 is 2.60 bits per heavy atom. The first-order chi connectivity index (χ1) is 9.06. The Labute approximate surface area is 127 Å². The third-order valence-corrected chi connectivity index (χ3v) is 3.61. The molecule has 1 unspecified atom stereocenters. The van der Waals surface area contributed by atoms with E-state index in [9.17, 15) is 4.79 Å². The van der Waals surface area contributed by atoms with Gasteiger partial charge in [-0.05, 0) is 44.6 Å². The Bertz CT molecular complexity index is 433. The topological polar surface area (TPSA) is 49.6 Å². The molecule has 1 aliphatic rings. The zero-order chi connectivity index (χ0) is 13.8. The summed E-state index contributed by atoms with van der Waals surface area (Å²) in [6.07, 6.45) is 2.71. The van der Waals surface area contributed by atoms with Crippen LogP contribution < -0.4 is 5.73 Å². The van der Waals surface area contributed by atoms with Crippen molar-refractivity contribution >= 4 is 24.0 Å². The van der Waals surface area contributed by atoms with Crippen LogP contribution in [0.3, 0.4) is 0 Å². The van der Waals surface area contributed by atoms with Gasteiger partial charge in [-0.2, -0.15) is 0 Å². The zero-order valence-corrected chi connectivity index (χ0v) is 13.0. The Kier molecular flexibility index (Phi) is 6.30. The summed E-state index contributed by atoms with van der Waals surface area (Å²) in [6, 6.07) is 7.94. The van der Waals surface area contributed by atoms with Gasteiger partial charge in [0.25, 0.3) is 0 Å². The van der Waals surface area contributed by atoms with E-state index in [1.165, 1.54) is 0 Å². The van der Waals surface area contributed by atoms with E-state index in [-0.39, 0.29) is 18.3 Å². The number of carbonyl (C=O) groups excluding carboxylic acids is 1. The van der Waals surface area contributed by atoms with Crippen LogP contribution in [0.25, 0.3) is 0 Å². The number of amides is 1. The second-order valence-electron chi connectivity index (χ2n) is 5.56. The number of nitrogens with zero attached hydrogens (tertiary/aromatic N) is 2. The van der Waals surface area contributed by atoms with Crippen molar-refractivity contribution in [3.05, 3.63) is 29.8 Å². The molecule has 2 N–H and O–H groups in total. The van der Waals surface area contributed by atoms with E-state index >= 15 is 0 Å². The standard InChI is InChI=1S/C15H23N3O.ClH/c1-17(2)11-14-4-3-9-18(14)15(19)10-12-5-7-13(16)8-6-12;/h5-8,14H,3-4,9-11,16H2,1-2H3;1H. The highest BCUT2D eigenvalue weighted by molar-refractivity contribution is 5.85. The van der Waals surface area contributed by atoms with Crippen LogP contribution >= 0.6 is 12.4 Å². The lowest BCUT2D eigenvalue weighted by molar-refractivity contribution is -0.131. The molecule has 0 bridgehead atoms. The van der Waals surface area contributed by atoms with Gasteiger partial charge in [-0.1, -0.05) is 12.1 Å². The highest BCUT2D eigenvalue weighted by Gasteiger charge is 2.28. The van der Waals surface area contributed by atoms with Crippen molar-refractivity contribution in [3.8, 4) is 0 Å². The lowest BCUT2D eigenvalue weighted by atomic mass is 10.1. The lowest BCUT2D eigenvalue weighted by Gasteiger charge is -2.27. The van der Waals surface area contributed by atoms with Crippen molar-refractivity contribution in [2.75, 3.05) is 32.9 Å². The lowest BCUT2D eigenvalue weighted by Crippen LogP contribution is -2.42. The summed E-state index contributed by atoms with van der Waals surface area (Å²) in [4.78, 5) is 16.6. The maximum atomic E-state index is 12.4. The minimum atomic E-state index is 0. The number of hydrogen-bond donors (Lipinski definition) is 1. The monoisotopic (exact) mass is 297 g/mol. The molecule has 1 aromatic rings. The Hall–Kier alpha value is -1.26. The molecule has 1 saturated heterocycles. The van der Waals surface area contributed by atoms with E-state index in [1.807, 2.05) is 29.2 Å². The molecule has 0 aliphatic carbocycles. The fraction of sp³-hybridized carbons (Fsp3) is 0.533. The van der Waals surface area contributed by atoms with Gasteiger partial charge in [0.15, 0.2) is 0 Å². The quantitative estimate of drug-likeness (QED) is 0.862. The van der Waals surface area contributed by atoms with Crippen molar-refractivity contribution < 1.29 is 4.79 Å². The summed E-state index contributed by atoms with van der Waals surface area (Å²) in [5.74, 6) is 0.231. The SMILES string of the molecule is CN(C)CC1CCCN1C(=O)Cc1ccc(N)cc1.Cl. The molecule has 20 heavy (non-hydrogen) atoms. The Morgan fingerprint density at radius 1 is 1.35 bits per heavy atom. The van der Waals surface area contributed by atoms with E-state index in [4.69, 9.17) is 5.73 Å². The number of rotatable bonds is 4. The summed E-state index contributed by atoms with van der Waals surface area (Å²) >= 11 is 0. The van der Waals surface area contributed by atoms with E-state index in [0.717, 1.165) is 37.2 Å². The molecule has 1 amide bonds. The van der Waals surface area contributed by atoms with Crippen molar-refractivity contribution in [2.45, 2.75) is 25.3 Å². The summed E-state index contributed by atoms with van der Waals surface area (Å²) in [6.45, 7) is 1.85. The first-order valence-electron chi connectivity index (χ1n) is 6.85. The van der Waals surface area contributed by atoms with Crippen LogP contribution in [0.2, 0.25) is 0 Å². The maximum absolute atomic E-state index is 12.4. The molecular weight excluding hydrogens is 274 g/mol. The summed E-state index contributed by atoms with van der Waals surface area (Å²) in [5, 5.41) is 0. The number of carbonyl (C=O) groups is 1. The molecule has 0 aromatic heterocycles. The number of halogens is 1. The van der Waals surface area contributed by atoms with Crippen LogP contribution in [0.15, 0.2) is 24.3 Å². The van der Waals surface area contributed by atoms with Crippen molar-refractivity contribution in [1.82, 2.24) is 9.80 Å². The van der Waals surface area contributed by atoms with Gasteiger partial charge < -0.3 is 15.5 Å². The summed E-state index contributed by atoms with van der Waals surface area (Å²) in [5.41, 5.74) is 7.43. The van der Waals surface area contributed by atoms with Gasteiger partial charge in [0.05, 0.1) is 6.42 Å². The Morgan fingerprint density at radius 2 is 2.00 bits per heavy atom. The van der Waals surface area contributed by atoms with Gasteiger partial charge >= 0.3 is 0 Å². The summed E-state index contributed by atoms with van der Waals surface area (Å²) in [7, 11) is 4.11. The number of nitrogen functional groups attached to an aromatic ring is 1. The number of benzene rings is 1. The second-order valence-corrected chi connectivity index (χ2v) is 5.56. The fourth-order valence-electron chi connectivity index (χ4n) is 2.69. The van der Waals surface area contributed by atoms with E-state index in [2.05, 4.69) is 19.0 Å². The van der Waals surface area contributed by atoms with E-state index < -0.39 is 0 Å². The van der Waals surface area contributed by atoms with Crippen LogP contribution in [-0.2, 0) is 11.2 Å². The van der Waals surface area contributed by atoms with Crippen molar-refractivity contribution in [3.63, 3.8) is 0 Å². The molecule has 112 valence electrons. The van der Waals surface area contributed by atoms with Gasteiger partial charge in [0.1, 0.15) is 0 Å². The molecule has 5 heteroatoms. The van der Waals surface area contributed by atoms with Crippen LogP contribution in [0.1, 0.15) is 18.4 Å². The van der Waals surface area contributed by atoms with Crippen LogP contribution in [0, 0.1) is 0 Å². The van der Waals surface area contributed by atoms with E-state index in [0.29, 0.717) is 12.5 Å². The van der Waals surface area contributed by atoms with Crippen molar-refractivity contribution in [1.29, 1.82) is 0 Å². The maximum Gasteiger partial charge on any atom is 0.227 e. The molecule has 0 radical (unpaired) electrons. The molecule has 1 heterocycles. The normalized spacial score (nSPS) is 18.1. The van der Waals surface area contributed by atoms with E-state index in [1.54, 1.807) is 0 Å². The molecule has 0 saturated carbocycles. The smallest absolute Gasteiger partial charge is 0.227 e. The molecule has 1 aliphatic heterocycles. The number of likely N-dealkylation sites (tertiary alicyclic amines) is 1. The summed E-state index contributed by atoms with van der Waals surface area (Å²) < 4.78 is 0. The molecule has 2 rings (SSSR count). The first-order valence-corrected chi connectivity index (χ1v) is 6.85. The second kappa shape index (κ2) is 7.50. The molecule has 0 spiro atoms. The number of hydrogen-bond acceptors (Lipinski definition) is 3. The molecule has 1 atom stereocenters. The first kappa shape index (κ1) is 16.8. The molecule has 4 nitrogen and oxygen atoms in total. The predicted octanol–water partition coefficient (Wildman–Crippen LogP) is 1.79. The van der Waals surface area contributed by atoms with Crippen LogP contribution in [0.4, 0.5) is 5.69 Å². The highest BCUT2D eigenvalue weighted by atomic mass is 35.5. The third kappa shape index (κ3) is 4.39. The molecule has 1 aromatic carbocycles. The third-order valence-electron chi connectivity index (χ3n) is 3.61. The minimum absolute atomic E-state index is 0. The van der Waals surface area contributed by atoms with Crippen LogP contribution in [-0.4, -0.2) is 48.9 Å². The molecular formula is C15H24ClN3O. The Balaban J connectivity index is 0.00000200. The van der Waals surface area contributed by atoms with Gasteiger partial charge in [-0.15, -0.1) is 12.4 Å². The van der Waals surface area contributed by atoms with Crippen LogP contribution in [0.5, 0.6) is 0 Å². The average Bonchev–Trinajstić information content (AvgIpc) is 2.79. The van der Waals surface area contributed by atoms with Gasteiger partial charge in [0, 0.05) is 24.8 Å². The largest absolute Gasteiger partial charge is 0.399 e. The fourth-order valence-corrected chi connectivity index (χ4v) is 2.69. The molecule has 1 fully saturated rings. The van der Waals surface area contributed by atoms with Crippen molar-refractivity contribution in [2.24, 2.45) is 0 Å². The zero-order valence-electron chi connectivity index (χ0n) is 12.2. The van der Waals surface area contributed by atoms with Gasteiger partial charge in [0.2, 0.25) is 5.91 Å². The number of anilines is 1. The number of nitrogens with two attached hydrogens (primary N) is 1. The predicted molar refractivity (Wildman–Crippen MR) is 85.1 cm³/mol. The highest BCUT2D eigenvalue weighted by Crippen LogP contribution is 2.19. The van der Waals surface area contributed by atoms with Gasteiger partial charge in [-0.3, -0.25) is 4.79 Å². The minimum Gasteiger partial charge on any atom is -0.399 e. The number of likely N-dealkylation sites (N-methyl/N-ethyl adjacent to an activating group) is 1. The average molecular weight is 298 g/mol. The van der Waals surface area contributed by atoms with Gasteiger partial charge in [-0.25, -0.2) is 0 Å².